The number of carbonyl (C=O) groups is 4. The summed E-state index contributed by atoms with van der Waals surface area (Å²) in [6, 6.07) is 5.16. The molecule has 0 atom stereocenters. The number of ether oxygens (including phenoxy) is 1. The fourth-order valence-electron chi connectivity index (χ4n) is 2.97. The molecule has 0 unspecified atom stereocenters. The molecule has 2 aromatic carbocycles. The van der Waals surface area contributed by atoms with Gasteiger partial charge in [-0.15, -0.1) is 0 Å². The van der Waals surface area contributed by atoms with Gasteiger partial charge in [0, 0.05) is 0 Å². The van der Waals surface area contributed by atoms with Crippen molar-refractivity contribution in [3.63, 3.8) is 0 Å². The van der Waals surface area contributed by atoms with Crippen LogP contribution in [0.5, 0.6) is 0 Å². The van der Waals surface area contributed by atoms with Gasteiger partial charge in [0.15, 0.2) is 0 Å². The van der Waals surface area contributed by atoms with Gasteiger partial charge >= 0.3 is 23.9 Å². The molecule has 0 fully saturated rings. The van der Waals surface area contributed by atoms with Gasteiger partial charge in [-0.3, -0.25) is 0 Å². The Morgan fingerprint density at radius 3 is 1.52 bits per heavy atom. The van der Waals surface area contributed by atoms with Crippen molar-refractivity contribution < 1.29 is 34.1 Å². The van der Waals surface area contributed by atoms with Crippen molar-refractivity contribution in [3.05, 3.63) is 59.2 Å². The minimum Gasteiger partial charge on any atom is -0.478 e. The molecule has 11 heteroatoms. The number of rotatable bonds is 4. The number of hydrogen-bond acceptors (Lipinski definition) is 7. The zero-order chi connectivity index (χ0) is 20.7. The summed E-state index contributed by atoms with van der Waals surface area (Å²) in [5.41, 5.74) is -0.993. The largest absolute Gasteiger partial charge is 0.478 e. The van der Waals surface area contributed by atoms with Crippen LogP contribution in [0.2, 0.25) is 0 Å². The number of carboxylic acid groups (broad SMARTS) is 2. The molecular formula is C18H10N4O7. The molecule has 0 saturated heterocycles. The molecule has 0 aliphatic heterocycles. The van der Waals surface area contributed by atoms with Gasteiger partial charge < -0.3 is 24.9 Å². The van der Waals surface area contributed by atoms with Crippen LogP contribution in [0.25, 0.3) is 22.1 Å². The Bertz CT molecular complexity index is 1230. The molecule has 0 amide bonds. The maximum absolute atomic E-state index is 12.7. The van der Waals surface area contributed by atoms with E-state index in [0.717, 1.165) is 0 Å². The third-order valence-corrected chi connectivity index (χ3v) is 4.24. The first-order valence-electron chi connectivity index (χ1n) is 8.03. The number of H-pyrrole nitrogens is 2. The lowest BCUT2D eigenvalue weighted by atomic mass is 10.0. The summed E-state index contributed by atoms with van der Waals surface area (Å²) in [7, 11) is 0. The lowest BCUT2D eigenvalue weighted by Crippen LogP contribution is -2.19. The molecule has 29 heavy (non-hydrogen) atoms. The van der Waals surface area contributed by atoms with Gasteiger partial charge in [0.05, 0.1) is 34.8 Å². The number of imidazole rings is 2. The van der Waals surface area contributed by atoms with E-state index in [1.807, 2.05) is 0 Å². The molecule has 0 bridgehead atoms. The van der Waals surface area contributed by atoms with Crippen molar-refractivity contribution in [2.75, 3.05) is 0 Å². The van der Waals surface area contributed by atoms with Crippen LogP contribution in [0.3, 0.4) is 0 Å². The molecule has 0 radical (unpaired) electrons. The smallest absolute Gasteiger partial charge is 0.349 e. The average molecular weight is 394 g/mol. The number of carbonyl (C=O) groups excluding carboxylic acids is 2. The summed E-state index contributed by atoms with van der Waals surface area (Å²) < 4.78 is 4.85. The van der Waals surface area contributed by atoms with E-state index < -0.39 is 46.1 Å². The summed E-state index contributed by atoms with van der Waals surface area (Å²) in [5, 5.41) is 18.7. The Kier molecular flexibility index (Phi) is 4.04. The van der Waals surface area contributed by atoms with E-state index in [0.29, 0.717) is 11.0 Å². The van der Waals surface area contributed by atoms with Crippen LogP contribution in [-0.4, -0.2) is 54.0 Å². The number of benzene rings is 2. The van der Waals surface area contributed by atoms with Gasteiger partial charge in [-0.05, 0) is 24.3 Å². The van der Waals surface area contributed by atoms with Crippen LogP contribution in [0.1, 0.15) is 41.4 Å². The highest BCUT2D eigenvalue weighted by Crippen LogP contribution is 2.24. The van der Waals surface area contributed by atoms with E-state index in [-0.39, 0.29) is 11.0 Å². The Morgan fingerprint density at radius 2 is 1.14 bits per heavy atom. The second-order valence-electron chi connectivity index (χ2n) is 5.86. The van der Waals surface area contributed by atoms with Crippen molar-refractivity contribution >= 4 is 45.9 Å². The first-order chi connectivity index (χ1) is 13.9. The van der Waals surface area contributed by atoms with Crippen molar-refractivity contribution in [3.8, 4) is 0 Å². The van der Waals surface area contributed by atoms with Crippen molar-refractivity contribution in [1.29, 1.82) is 0 Å². The summed E-state index contributed by atoms with van der Waals surface area (Å²) >= 11 is 0. The van der Waals surface area contributed by atoms with Crippen LogP contribution in [-0.2, 0) is 4.74 Å². The predicted octanol–water partition coefficient (Wildman–Crippen LogP) is 1.83. The number of aromatic amines is 2. The maximum Gasteiger partial charge on any atom is 0.349 e. The first kappa shape index (κ1) is 17.9. The molecule has 0 spiro atoms. The summed E-state index contributed by atoms with van der Waals surface area (Å²) in [5.74, 6) is -5.41. The van der Waals surface area contributed by atoms with Gasteiger partial charge in [0.25, 0.3) is 0 Å². The third-order valence-electron chi connectivity index (χ3n) is 4.24. The van der Waals surface area contributed by atoms with E-state index in [1.165, 1.54) is 36.9 Å². The molecule has 2 heterocycles. The topological polar surface area (TPSA) is 175 Å². The molecule has 4 N–H and O–H groups in total. The molecule has 0 aliphatic rings. The first-order valence-corrected chi connectivity index (χ1v) is 8.03. The van der Waals surface area contributed by atoms with Gasteiger partial charge in [0.1, 0.15) is 22.2 Å². The number of hydrogen-bond donors (Lipinski definition) is 4. The standard InChI is InChI=1S/C18H10N4O7/c23-15(24)7-1-3-9-13(21-5-19-9)11(7)17(27)29-18(28)12-8(16(25)26)2-4-10-14(12)22-6-20-10/h1-6H,(H,19,21)(H,20,22)(H,23,24)(H,25,26). The van der Waals surface area contributed by atoms with Crippen LogP contribution in [0.15, 0.2) is 36.9 Å². The highest BCUT2D eigenvalue weighted by atomic mass is 16.6. The Morgan fingerprint density at radius 1 is 0.724 bits per heavy atom. The lowest BCUT2D eigenvalue weighted by Gasteiger charge is -2.09. The molecule has 4 aromatic rings. The lowest BCUT2D eigenvalue weighted by molar-refractivity contribution is 0.0389. The summed E-state index contributed by atoms with van der Waals surface area (Å²) in [6.45, 7) is 0. The Labute approximate surface area is 160 Å². The number of nitrogens with zero attached hydrogens (tertiary/aromatic N) is 2. The number of carboxylic acids is 2. The van der Waals surface area contributed by atoms with Gasteiger partial charge in [-0.1, -0.05) is 0 Å². The number of nitrogens with one attached hydrogen (secondary N) is 2. The van der Waals surface area contributed by atoms with E-state index in [9.17, 15) is 29.4 Å². The quantitative estimate of drug-likeness (QED) is 0.297. The van der Waals surface area contributed by atoms with Crippen LogP contribution in [0, 0.1) is 0 Å². The monoisotopic (exact) mass is 394 g/mol. The number of aromatic nitrogens is 4. The SMILES string of the molecule is O=C(O)c1ccc2[nH]cnc2c1C(=O)OC(=O)c1c(C(=O)O)ccc2[nH]cnc12. The van der Waals surface area contributed by atoms with Crippen LogP contribution >= 0.6 is 0 Å². The minimum absolute atomic E-state index is 0.000800. The second kappa shape index (κ2) is 6.56. The summed E-state index contributed by atoms with van der Waals surface area (Å²) in [4.78, 5) is 61.6. The highest BCUT2D eigenvalue weighted by molar-refractivity contribution is 6.17. The third kappa shape index (κ3) is 2.86. The van der Waals surface area contributed by atoms with Gasteiger partial charge in [0.2, 0.25) is 0 Å². The number of esters is 2. The van der Waals surface area contributed by atoms with Crippen LogP contribution < -0.4 is 0 Å². The predicted molar refractivity (Wildman–Crippen MR) is 95.9 cm³/mol. The van der Waals surface area contributed by atoms with E-state index in [1.54, 1.807) is 0 Å². The number of fused-ring (bicyclic) bond motifs is 2. The maximum atomic E-state index is 12.7. The zero-order valence-corrected chi connectivity index (χ0v) is 14.3. The van der Waals surface area contributed by atoms with E-state index in [4.69, 9.17) is 4.74 Å². The fourth-order valence-corrected chi connectivity index (χ4v) is 2.97. The fraction of sp³-hybridized carbons (Fsp3) is 0. The molecule has 0 saturated carbocycles. The van der Waals surface area contributed by atoms with Crippen molar-refractivity contribution in [2.45, 2.75) is 0 Å². The van der Waals surface area contributed by atoms with E-state index >= 15 is 0 Å². The van der Waals surface area contributed by atoms with Crippen LogP contribution in [0.4, 0.5) is 0 Å². The van der Waals surface area contributed by atoms with E-state index in [2.05, 4.69) is 19.9 Å². The Balaban J connectivity index is 1.80. The average Bonchev–Trinajstić information content (AvgIpc) is 3.34. The molecule has 2 aromatic heterocycles. The minimum atomic E-state index is -1.42. The highest BCUT2D eigenvalue weighted by Gasteiger charge is 2.29. The van der Waals surface area contributed by atoms with Gasteiger partial charge in [-0.25, -0.2) is 29.1 Å². The Hall–Kier alpha value is -4.54. The molecule has 144 valence electrons. The number of aromatic carboxylic acids is 2. The van der Waals surface area contributed by atoms with Crippen molar-refractivity contribution in [2.24, 2.45) is 0 Å². The van der Waals surface area contributed by atoms with Gasteiger partial charge in [-0.2, -0.15) is 0 Å². The molecule has 4 rings (SSSR count). The molecule has 0 aliphatic carbocycles. The molecular weight excluding hydrogens is 384 g/mol. The van der Waals surface area contributed by atoms with Crippen molar-refractivity contribution in [1.82, 2.24) is 19.9 Å². The summed E-state index contributed by atoms with van der Waals surface area (Å²) in [6.07, 6.45) is 2.50. The second-order valence-corrected chi connectivity index (χ2v) is 5.86. The molecule has 11 nitrogen and oxygen atoms in total. The zero-order valence-electron chi connectivity index (χ0n) is 14.3. The normalized spacial score (nSPS) is 10.9.